The van der Waals surface area contributed by atoms with Gasteiger partial charge in [0.25, 0.3) is 0 Å². The lowest BCUT2D eigenvalue weighted by Gasteiger charge is -1.80. The van der Waals surface area contributed by atoms with E-state index >= 15 is 0 Å². The Labute approximate surface area is 39.9 Å². The van der Waals surface area contributed by atoms with Crippen LogP contribution in [0.5, 0.6) is 0 Å². The Kier molecular flexibility index (Phi) is 3.01. The fourth-order valence-corrected chi connectivity index (χ4v) is 0. The zero-order valence-electron chi connectivity index (χ0n) is 2.29. The highest BCUT2D eigenvalue weighted by Crippen LogP contribution is 2.02. The van der Waals surface area contributed by atoms with Crippen LogP contribution in [0.4, 0.5) is 4.39 Å². The zero-order valence-corrected chi connectivity index (χ0v) is 3.80. The molecular weight excluding hydrogens is 114 g/mol. The summed E-state index contributed by atoms with van der Waals surface area (Å²) in [5, 5.41) is 0. The summed E-state index contributed by atoms with van der Waals surface area (Å²) >= 11 is 9.31. The van der Waals surface area contributed by atoms with E-state index in [9.17, 15) is 4.39 Å². The molecule has 0 spiro atoms. The van der Waals surface area contributed by atoms with E-state index in [2.05, 4.69) is 11.6 Å². The Bertz CT molecular complexity index is 21.6. The maximum atomic E-state index is 11.0. The molecule has 0 aromatic heterocycles. The Morgan fingerprint density at radius 3 is 2.00 bits per heavy atom. The van der Waals surface area contributed by atoms with E-state index in [0.29, 0.717) is 0 Å². The van der Waals surface area contributed by atoms with Crippen molar-refractivity contribution in [1.82, 2.24) is 0 Å². The molecule has 0 aliphatic carbocycles. The first kappa shape index (κ1) is 5.51. The van der Waals surface area contributed by atoms with Crippen LogP contribution in [0, 0.1) is 5.88 Å². The first-order valence-corrected chi connectivity index (χ1v) is 1.86. The third-order valence-electron chi connectivity index (χ3n) is 0.0952. The average Bonchev–Trinajstić information content (AvgIpc) is 1.38. The third-order valence-corrected chi connectivity index (χ3v) is 0.571. The van der Waals surface area contributed by atoms with Crippen molar-refractivity contribution in [3.05, 3.63) is 5.88 Å². The van der Waals surface area contributed by atoms with Crippen molar-refractivity contribution in [1.29, 1.82) is 0 Å². The van der Waals surface area contributed by atoms with E-state index in [0.717, 1.165) is 5.88 Å². The summed E-state index contributed by atoms with van der Waals surface area (Å²) < 4.78 is 11.0. The third kappa shape index (κ3) is 4.51. The fraction of sp³-hybridized carbons (Fsp3) is 0.500. The van der Waals surface area contributed by atoms with Gasteiger partial charge in [0.2, 0.25) is 0 Å². The van der Waals surface area contributed by atoms with E-state index in [1.54, 1.807) is 0 Å². The van der Waals surface area contributed by atoms with E-state index in [1.165, 1.54) is 0 Å². The molecule has 1 radical (unpaired) electrons. The Morgan fingerprint density at radius 2 is 2.00 bits per heavy atom. The topological polar surface area (TPSA) is 0 Å². The van der Waals surface area contributed by atoms with Crippen molar-refractivity contribution >= 4 is 23.2 Å². The first-order chi connectivity index (χ1) is 2.27. The summed E-state index contributed by atoms with van der Waals surface area (Å²) in [4.78, 5) is 0. The largest absolute Gasteiger partial charge is 0.228 e. The van der Waals surface area contributed by atoms with Gasteiger partial charge in [-0.2, -0.15) is 0 Å². The maximum absolute atomic E-state index is 11.0. The minimum absolute atomic E-state index is 0.738. The number of hydrogen-bond acceptors (Lipinski definition) is 0. The molecule has 0 amide bonds. The quantitative estimate of drug-likeness (QED) is 0.459. The van der Waals surface area contributed by atoms with E-state index in [-0.39, 0.29) is 0 Å². The molecule has 0 rings (SSSR count). The zero-order chi connectivity index (χ0) is 4.28. The van der Waals surface area contributed by atoms with Crippen LogP contribution in [0.25, 0.3) is 0 Å². The summed E-state index contributed by atoms with van der Waals surface area (Å²) in [6, 6.07) is 0. The summed E-state index contributed by atoms with van der Waals surface area (Å²) in [5.41, 5.74) is -1.50. The van der Waals surface area contributed by atoms with Crippen LogP contribution in [-0.4, -0.2) is 5.63 Å². The van der Waals surface area contributed by atoms with Crippen molar-refractivity contribution < 1.29 is 4.39 Å². The lowest BCUT2D eigenvalue weighted by atomic mass is 10.9. The summed E-state index contributed by atoms with van der Waals surface area (Å²) in [6.45, 7) is 0. The molecule has 31 valence electrons. The predicted octanol–water partition coefficient (Wildman–Crippen LogP) is 1.92. The predicted molar refractivity (Wildman–Crippen MR) is 20.9 cm³/mol. The molecule has 0 aliphatic heterocycles. The first-order valence-electron chi connectivity index (χ1n) is 0.988. The Morgan fingerprint density at radius 1 is 1.80 bits per heavy atom. The van der Waals surface area contributed by atoms with Gasteiger partial charge >= 0.3 is 0 Å². The van der Waals surface area contributed by atoms with Gasteiger partial charge in [-0.25, -0.2) is 4.39 Å². The highest BCUT2D eigenvalue weighted by Gasteiger charge is 1.92. The van der Waals surface area contributed by atoms with Crippen LogP contribution < -0.4 is 0 Å². The molecule has 0 bridgehead atoms. The number of hydrogen-bond donors (Lipinski definition) is 0. The lowest BCUT2D eigenvalue weighted by Crippen LogP contribution is -1.76. The maximum Gasteiger partial charge on any atom is 0.191 e. The van der Waals surface area contributed by atoms with Crippen molar-refractivity contribution in [2.75, 3.05) is 0 Å². The van der Waals surface area contributed by atoms with E-state index < -0.39 is 5.63 Å². The van der Waals surface area contributed by atoms with Gasteiger partial charge in [0.15, 0.2) is 5.63 Å². The standard InChI is InChI=1S/C2H2Cl2F/c3-1-2(4)5/h1-2H/t2-/m1/s1. The van der Waals surface area contributed by atoms with Gasteiger partial charge in [-0.1, -0.05) is 11.6 Å². The smallest absolute Gasteiger partial charge is 0.191 e. The lowest BCUT2D eigenvalue weighted by molar-refractivity contribution is 0.503. The fourth-order valence-electron chi connectivity index (χ4n) is 0. The molecule has 3 heteroatoms. The van der Waals surface area contributed by atoms with Crippen molar-refractivity contribution in [3.8, 4) is 0 Å². The Balaban J connectivity index is 2.54. The average molecular weight is 116 g/mol. The number of alkyl halides is 2. The second kappa shape index (κ2) is 2.73. The molecule has 0 heterocycles. The molecule has 0 saturated heterocycles. The van der Waals surface area contributed by atoms with Crippen LogP contribution >= 0.6 is 23.2 Å². The molecule has 0 saturated carbocycles. The molecule has 0 aromatic carbocycles. The van der Waals surface area contributed by atoms with Crippen LogP contribution in [-0.2, 0) is 0 Å². The minimum atomic E-state index is -1.50. The van der Waals surface area contributed by atoms with Gasteiger partial charge in [0, 0.05) is 0 Å². The normalized spacial score (nSPS) is 15.0. The van der Waals surface area contributed by atoms with Crippen LogP contribution in [0.1, 0.15) is 0 Å². The van der Waals surface area contributed by atoms with Crippen LogP contribution in [0.3, 0.4) is 0 Å². The van der Waals surface area contributed by atoms with Crippen molar-refractivity contribution in [3.63, 3.8) is 0 Å². The van der Waals surface area contributed by atoms with Crippen LogP contribution in [0.15, 0.2) is 0 Å². The summed E-state index contributed by atoms with van der Waals surface area (Å²) in [5.74, 6) is 0.738. The van der Waals surface area contributed by atoms with E-state index in [1.807, 2.05) is 0 Å². The summed E-state index contributed by atoms with van der Waals surface area (Å²) in [6.07, 6.45) is 0. The molecular formula is C2H2Cl2F. The highest BCUT2D eigenvalue weighted by molar-refractivity contribution is 6.31. The van der Waals surface area contributed by atoms with Crippen molar-refractivity contribution in [2.45, 2.75) is 5.63 Å². The van der Waals surface area contributed by atoms with Gasteiger partial charge in [-0.05, 0) is 0 Å². The molecule has 0 N–H and O–H groups in total. The number of halogens is 3. The van der Waals surface area contributed by atoms with Gasteiger partial charge in [-0.15, -0.1) is 11.6 Å². The molecule has 0 unspecified atom stereocenters. The van der Waals surface area contributed by atoms with Gasteiger partial charge in [-0.3, -0.25) is 0 Å². The SMILES string of the molecule is F[C@@H](Cl)[CH]Cl. The van der Waals surface area contributed by atoms with E-state index in [4.69, 9.17) is 11.6 Å². The number of rotatable bonds is 1. The van der Waals surface area contributed by atoms with Gasteiger partial charge in [0.1, 0.15) is 0 Å². The monoisotopic (exact) mass is 115 g/mol. The Hall–Kier alpha value is 0.510. The summed E-state index contributed by atoms with van der Waals surface area (Å²) in [7, 11) is 0. The molecule has 0 nitrogen and oxygen atoms in total. The minimum Gasteiger partial charge on any atom is -0.228 e. The second-order valence-corrected chi connectivity index (χ2v) is 1.13. The van der Waals surface area contributed by atoms with Gasteiger partial charge < -0.3 is 0 Å². The molecule has 1 atom stereocenters. The molecule has 0 aromatic rings. The highest BCUT2D eigenvalue weighted by atomic mass is 35.5. The van der Waals surface area contributed by atoms with Crippen LogP contribution in [0.2, 0.25) is 0 Å². The molecule has 5 heavy (non-hydrogen) atoms. The molecule has 0 fully saturated rings. The second-order valence-electron chi connectivity index (χ2n) is 0.460. The van der Waals surface area contributed by atoms with Gasteiger partial charge in [0.05, 0.1) is 5.88 Å². The molecule has 0 aliphatic rings. The van der Waals surface area contributed by atoms with Crippen molar-refractivity contribution in [2.24, 2.45) is 0 Å².